The first-order valence-electron chi connectivity index (χ1n) is 7.26. The maximum absolute atomic E-state index is 12.8. The molecule has 2 heterocycles. The van der Waals surface area contributed by atoms with Gasteiger partial charge in [-0.25, -0.2) is 0 Å². The normalized spacial score (nSPS) is 11.0. The number of furan rings is 1. The monoisotopic (exact) mass is 332 g/mol. The van der Waals surface area contributed by atoms with Crippen molar-refractivity contribution in [3.8, 4) is 0 Å². The van der Waals surface area contributed by atoms with E-state index in [1.54, 1.807) is 30.4 Å². The fourth-order valence-electron chi connectivity index (χ4n) is 2.43. The molecular weight excluding hydrogens is 316 g/mol. The average Bonchev–Trinajstić information content (AvgIpc) is 3.19. The van der Waals surface area contributed by atoms with E-state index in [2.05, 4.69) is 4.98 Å². The Morgan fingerprint density at radius 1 is 1.35 bits per heavy atom. The van der Waals surface area contributed by atoms with Crippen molar-refractivity contribution in [2.75, 3.05) is 20.3 Å². The van der Waals surface area contributed by atoms with Gasteiger partial charge in [0.1, 0.15) is 11.5 Å². The number of aromatic nitrogens is 1. The molecule has 120 valence electrons. The Hall–Kier alpha value is -2.24. The molecule has 3 rings (SSSR count). The number of aromatic amines is 1. The Labute approximate surface area is 138 Å². The van der Waals surface area contributed by atoms with Crippen molar-refractivity contribution in [1.29, 1.82) is 0 Å². The van der Waals surface area contributed by atoms with Gasteiger partial charge in [-0.2, -0.15) is 0 Å². The molecule has 0 fully saturated rings. The number of halogens is 1. The second kappa shape index (κ2) is 6.89. The maximum Gasteiger partial charge on any atom is 0.270 e. The van der Waals surface area contributed by atoms with Gasteiger partial charge in [-0.15, -0.1) is 0 Å². The average molecular weight is 333 g/mol. The Balaban J connectivity index is 1.85. The Kier molecular flexibility index (Phi) is 4.69. The first kappa shape index (κ1) is 15.6. The molecule has 0 aliphatic rings. The number of fused-ring (bicyclic) bond motifs is 1. The molecule has 6 heteroatoms. The second-order valence-corrected chi connectivity index (χ2v) is 5.65. The predicted molar refractivity (Wildman–Crippen MR) is 88.6 cm³/mol. The van der Waals surface area contributed by atoms with Crippen molar-refractivity contribution < 1.29 is 13.9 Å². The minimum atomic E-state index is -0.106. The van der Waals surface area contributed by atoms with Gasteiger partial charge < -0.3 is 19.0 Å². The maximum atomic E-state index is 12.8. The van der Waals surface area contributed by atoms with Gasteiger partial charge in [0, 0.05) is 29.6 Å². The fourth-order valence-corrected chi connectivity index (χ4v) is 2.61. The van der Waals surface area contributed by atoms with Crippen molar-refractivity contribution in [3.63, 3.8) is 0 Å². The lowest BCUT2D eigenvalue weighted by Gasteiger charge is -2.20. The Morgan fingerprint density at radius 3 is 2.96 bits per heavy atom. The van der Waals surface area contributed by atoms with Crippen LogP contribution in [0.15, 0.2) is 47.1 Å². The molecule has 0 aliphatic heterocycles. The van der Waals surface area contributed by atoms with Crippen LogP contribution >= 0.6 is 11.6 Å². The number of carbonyl (C=O) groups excluding carboxylic acids is 1. The largest absolute Gasteiger partial charge is 0.467 e. The summed E-state index contributed by atoms with van der Waals surface area (Å²) in [5, 5.41) is 1.55. The highest BCUT2D eigenvalue weighted by Crippen LogP contribution is 2.21. The van der Waals surface area contributed by atoms with Crippen LogP contribution in [0, 0.1) is 0 Å². The standard InChI is InChI=1S/C17H17ClN2O3/c1-22-8-6-20(11-14-3-2-7-23-14)17(21)16-10-12-9-13(18)4-5-15(12)19-16/h2-5,7,9-10,19H,6,8,11H2,1H3. The van der Waals surface area contributed by atoms with E-state index < -0.39 is 0 Å². The molecule has 1 amide bonds. The number of hydrogen-bond donors (Lipinski definition) is 1. The molecule has 0 spiro atoms. The van der Waals surface area contributed by atoms with Gasteiger partial charge in [-0.1, -0.05) is 11.6 Å². The third kappa shape index (κ3) is 3.57. The molecule has 5 nitrogen and oxygen atoms in total. The van der Waals surface area contributed by atoms with E-state index in [9.17, 15) is 4.79 Å². The fraction of sp³-hybridized carbons (Fsp3) is 0.235. The van der Waals surface area contributed by atoms with Crippen LogP contribution in [0.2, 0.25) is 5.02 Å². The van der Waals surface area contributed by atoms with Crippen LogP contribution in [0.3, 0.4) is 0 Å². The Bertz CT molecular complexity index is 795. The molecule has 23 heavy (non-hydrogen) atoms. The van der Waals surface area contributed by atoms with Crippen molar-refractivity contribution >= 4 is 28.4 Å². The summed E-state index contributed by atoms with van der Waals surface area (Å²) >= 11 is 6.00. The molecule has 0 saturated carbocycles. The first-order valence-corrected chi connectivity index (χ1v) is 7.64. The molecule has 0 bridgehead atoms. The van der Waals surface area contributed by atoms with Gasteiger partial charge in [-0.05, 0) is 36.4 Å². The molecule has 2 aromatic heterocycles. The smallest absolute Gasteiger partial charge is 0.270 e. The van der Waals surface area contributed by atoms with E-state index >= 15 is 0 Å². The number of amides is 1. The van der Waals surface area contributed by atoms with E-state index in [1.807, 2.05) is 24.3 Å². The summed E-state index contributed by atoms with van der Waals surface area (Å²) in [5.41, 5.74) is 1.40. The van der Waals surface area contributed by atoms with E-state index in [1.165, 1.54) is 0 Å². The van der Waals surface area contributed by atoms with Crippen LogP contribution in [-0.4, -0.2) is 36.1 Å². The highest BCUT2D eigenvalue weighted by atomic mass is 35.5. The SMILES string of the molecule is COCCN(Cc1ccco1)C(=O)c1cc2cc(Cl)ccc2[nH]1. The number of H-pyrrole nitrogens is 1. The minimum absolute atomic E-state index is 0.106. The predicted octanol–water partition coefficient (Wildman–Crippen LogP) is 3.70. The molecule has 1 aromatic carbocycles. The quantitative estimate of drug-likeness (QED) is 0.748. The number of nitrogens with one attached hydrogen (secondary N) is 1. The molecular formula is C17H17ClN2O3. The number of ether oxygens (including phenoxy) is 1. The molecule has 0 unspecified atom stereocenters. The molecule has 0 saturated heterocycles. The lowest BCUT2D eigenvalue weighted by atomic mass is 10.2. The third-order valence-electron chi connectivity index (χ3n) is 3.59. The zero-order valence-electron chi connectivity index (χ0n) is 12.7. The topological polar surface area (TPSA) is 58.5 Å². The number of rotatable bonds is 6. The van der Waals surface area contributed by atoms with Crippen LogP contribution in [0.5, 0.6) is 0 Å². The van der Waals surface area contributed by atoms with Crippen molar-refractivity contribution in [2.45, 2.75) is 6.54 Å². The summed E-state index contributed by atoms with van der Waals surface area (Å²) in [6.45, 7) is 1.33. The van der Waals surface area contributed by atoms with Gasteiger partial charge in [0.05, 0.1) is 19.4 Å². The van der Waals surface area contributed by atoms with Crippen LogP contribution in [0.4, 0.5) is 0 Å². The zero-order chi connectivity index (χ0) is 16.2. The molecule has 0 radical (unpaired) electrons. The summed E-state index contributed by atoms with van der Waals surface area (Å²) in [6.07, 6.45) is 1.60. The summed E-state index contributed by atoms with van der Waals surface area (Å²) in [5.74, 6) is 0.624. The number of benzene rings is 1. The van der Waals surface area contributed by atoms with Crippen LogP contribution in [0.25, 0.3) is 10.9 Å². The molecule has 3 aromatic rings. The van der Waals surface area contributed by atoms with Gasteiger partial charge in [-0.3, -0.25) is 4.79 Å². The second-order valence-electron chi connectivity index (χ2n) is 5.21. The minimum Gasteiger partial charge on any atom is -0.467 e. The van der Waals surface area contributed by atoms with E-state index in [0.717, 1.165) is 16.7 Å². The summed E-state index contributed by atoms with van der Waals surface area (Å²) in [7, 11) is 1.61. The molecule has 1 N–H and O–H groups in total. The zero-order valence-corrected chi connectivity index (χ0v) is 13.5. The van der Waals surface area contributed by atoms with Crippen molar-refractivity contribution in [1.82, 2.24) is 9.88 Å². The molecule has 0 atom stereocenters. The molecule has 0 aliphatic carbocycles. The van der Waals surface area contributed by atoms with Crippen LogP contribution in [-0.2, 0) is 11.3 Å². The highest BCUT2D eigenvalue weighted by Gasteiger charge is 2.19. The van der Waals surface area contributed by atoms with Gasteiger partial charge in [0.25, 0.3) is 5.91 Å². The van der Waals surface area contributed by atoms with Gasteiger partial charge >= 0.3 is 0 Å². The van der Waals surface area contributed by atoms with E-state index in [0.29, 0.717) is 30.4 Å². The lowest BCUT2D eigenvalue weighted by Crippen LogP contribution is -2.33. The number of methoxy groups -OCH3 is 1. The third-order valence-corrected chi connectivity index (χ3v) is 3.83. The number of hydrogen-bond acceptors (Lipinski definition) is 3. The first-order chi connectivity index (χ1) is 11.2. The summed E-state index contributed by atoms with van der Waals surface area (Å²) in [4.78, 5) is 17.6. The summed E-state index contributed by atoms with van der Waals surface area (Å²) < 4.78 is 10.4. The van der Waals surface area contributed by atoms with Crippen molar-refractivity contribution in [2.24, 2.45) is 0 Å². The number of carbonyl (C=O) groups is 1. The van der Waals surface area contributed by atoms with Gasteiger partial charge in [0.15, 0.2) is 0 Å². The Morgan fingerprint density at radius 2 is 2.22 bits per heavy atom. The lowest BCUT2D eigenvalue weighted by molar-refractivity contribution is 0.0661. The van der Waals surface area contributed by atoms with Crippen molar-refractivity contribution in [3.05, 3.63) is 59.1 Å². The number of nitrogens with zero attached hydrogens (tertiary/aromatic N) is 1. The van der Waals surface area contributed by atoms with Crippen LogP contribution in [0.1, 0.15) is 16.2 Å². The highest BCUT2D eigenvalue weighted by molar-refractivity contribution is 6.31. The van der Waals surface area contributed by atoms with E-state index in [4.69, 9.17) is 20.8 Å². The van der Waals surface area contributed by atoms with E-state index in [-0.39, 0.29) is 5.91 Å². The summed E-state index contributed by atoms with van der Waals surface area (Å²) in [6, 6.07) is 10.9. The van der Waals surface area contributed by atoms with Crippen LogP contribution < -0.4 is 0 Å². The van der Waals surface area contributed by atoms with Gasteiger partial charge in [0.2, 0.25) is 0 Å².